The summed E-state index contributed by atoms with van der Waals surface area (Å²) < 4.78 is 1.97. The van der Waals surface area contributed by atoms with E-state index in [-0.39, 0.29) is 0 Å². The van der Waals surface area contributed by atoms with Crippen LogP contribution in [-0.2, 0) is 26.1 Å². The maximum absolute atomic E-state index is 6.08. The minimum absolute atomic E-state index is 0.923. The van der Waals surface area contributed by atoms with E-state index < -0.39 is 0 Å². The Hall–Kier alpha value is -1.81. The largest absolute Gasteiger partial charge is 0.398 e. The molecule has 2 N–H and O–H groups in total. The number of hydrogen-bond acceptors (Lipinski definition) is 3. The van der Waals surface area contributed by atoms with E-state index in [2.05, 4.69) is 35.3 Å². The van der Waals surface area contributed by atoms with Crippen LogP contribution in [-0.4, -0.2) is 21.2 Å². The summed E-state index contributed by atoms with van der Waals surface area (Å²) in [6, 6.07) is 6.24. The third kappa shape index (κ3) is 2.49. The molecule has 2 aromatic rings. The molecule has 100 valence electrons. The Morgan fingerprint density at radius 3 is 3.05 bits per heavy atom. The maximum atomic E-state index is 6.08. The van der Waals surface area contributed by atoms with Crippen molar-refractivity contribution in [2.45, 2.75) is 33.0 Å². The zero-order chi connectivity index (χ0) is 13.2. The van der Waals surface area contributed by atoms with Crippen LogP contribution < -0.4 is 5.73 Å². The third-order valence-electron chi connectivity index (χ3n) is 3.81. The zero-order valence-corrected chi connectivity index (χ0v) is 11.3. The van der Waals surface area contributed by atoms with Gasteiger partial charge >= 0.3 is 0 Å². The van der Waals surface area contributed by atoms with Gasteiger partial charge in [0.1, 0.15) is 0 Å². The minimum atomic E-state index is 0.923. The highest BCUT2D eigenvalue weighted by atomic mass is 15.3. The zero-order valence-electron chi connectivity index (χ0n) is 11.3. The first-order chi connectivity index (χ1) is 9.26. The number of aromatic nitrogens is 2. The van der Waals surface area contributed by atoms with Crippen molar-refractivity contribution in [2.75, 3.05) is 12.3 Å². The SMILES string of the molecule is CCn1cc(CN2CCc3cccc(N)c3C2)cn1. The predicted octanol–water partition coefficient (Wildman–Crippen LogP) is 2.04. The summed E-state index contributed by atoms with van der Waals surface area (Å²) in [6.07, 6.45) is 5.18. The van der Waals surface area contributed by atoms with Crippen molar-refractivity contribution in [3.05, 3.63) is 47.3 Å². The molecule has 0 fully saturated rings. The van der Waals surface area contributed by atoms with Crippen LogP contribution in [0.3, 0.4) is 0 Å². The van der Waals surface area contributed by atoms with Crippen LogP contribution in [0.25, 0.3) is 0 Å². The number of hydrogen-bond donors (Lipinski definition) is 1. The van der Waals surface area contributed by atoms with Gasteiger partial charge in [-0.2, -0.15) is 5.10 Å². The number of rotatable bonds is 3. The molecular formula is C15H20N4. The summed E-state index contributed by atoms with van der Waals surface area (Å²) in [5.74, 6) is 0. The number of anilines is 1. The summed E-state index contributed by atoms with van der Waals surface area (Å²) >= 11 is 0. The Morgan fingerprint density at radius 1 is 1.37 bits per heavy atom. The molecule has 1 aliphatic heterocycles. The average Bonchev–Trinajstić information content (AvgIpc) is 2.87. The Labute approximate surface area is 113 Å². The van der Waals surface area contributed by atoms with Gasteiger partial charge in [0.25, 0.3) is 0 Å². The molecule has 2 heterocycles. The van der Waals surface area contributed by atoms with Gasteiger partial charge in [0.2, 0.25) is 0 Å². The van der Waals surface area contributed by atoms with Crippen molar-refractivity contribution in [2.24, 2.45) is 0 Å². The molecule has 0 amide bonds. The van der Waals surface area contributed by atoms with Gasteiger partial charge in [-0.05, 0) is 30.5 Å². The molecule has 1 aliphatic rings. The molecule has 4 nitrogen and oxygen atoms in total. The van der Waals surface area contributed by atoms with Crippen molar-refractivity contribution in [3.8, 4) is 0 Å². The summed E-state index contributed by atoms with van der Waals surface area (Å²) in [5.41, 5.74) is 11.0. The quantitative estimate of drug-likeness (QED) is 0.855. The monoisotopic (exact) mass is 256 g/mol. The molecule has 0 atom stereocenters. The second-order valence-electron chi connectivity index (χ2n) is 5.15. The topological polar surface area (TPSA) is 47.1 Å². The van der Waals surface area contributed by atoms with E-state index in [1.54, 1.807) is 0 Å². The first-order valence-electron chi connectivity index (χ1n) is 6.86. The lowest BCUT2D eigenvalue weighted by atomic mass is 9.98. The van der Waals surface area contributed by atoms with Crippen LogP contribution in [0.5, 0.6) is 0 Å². The fourth-order valence-electron chi connectivity index (χ4n) is 2.72. The number of nitrogens with zero attached hydrogens (tertiary/aromatic N) is 3. The number of nitrogens with two attached hydrogens (primary N) is 1. The van der Waals surface area contributed by atoms with E-state index in [9.17, 15) is 0 Å². The van der Waals surface area contributed by atoms with Crippen molar-refractivity contribution in [1.82, 2.24) is 14.7 Å². The van der Waals surface area contributed by atoms with Crippen molar-refractivity contribution in [1.29, 1.82) is 0 Å². The first-order valence-corrected chi connectivity index (χ1v) is 6.86. The van der Waals surface area contributed by atoms with E-state index in [4.69, 9.17) is 5.73 Å². The molecule has 19 heavy (non-hydrogen) atoms. The van der Waals surface area contributed by atoms with Crippen molar-refractivity contribution >= 4 is 5.69 Å². The second-order valence-corrected chi connectivity index (χ2v) is 5.15. The van der Waals surface area contributed by atoms with Gasteiger partial charge in [0.05, 0.1) is 6.20 Å². The lowest BCUT2D eigenvalue weighted by Crippen LogP contribution is -2.30. The molecule has 0 saturated heterocycles. The van der Waals surface area contributed by atoms with Crippen LogP contribution in [0.2, 0.25) is 0 Å². The molecule has 1 aromatic heterocycles. The van der Waals surface area contributed by atoms with Crippen LogP contribution in [0.4, 0.5) is 5.69 Å². The Bertz CT molecular complexity index is 573. The maximum Gasteiger partial charge on any atom is 0.0534 e. The number of aryl methyl sites for hydroxylation is 1. The lowest BCUT2D eigenvalue weighted by molar-refractivity contribution is 0.246. The number of fused-ring (bicyclic) bond motifs is 1. The highest BCUT2D eigenvalue weighted by Gasteiger charge is 2.18. The molecule has 0 unspecified atom stereocenters. The molecule has 0 saturated carbocycles. The van der Waals surface area contributed by atoms with Crippen LogP contribution in [0, 0.1) is 0 Å². The van der Waals surface area contributed by atoms with Crippen LogP contribution in [0.1, 0.15) is 23.6 Å². The van der Waals surface area contributed by atoms with E-state index in [1.165, 1.54) is 16.7 Å². The Morgan fingerprint density at radius 2 is 2.26 bits per heavy atom. The molecule has 1 aromatic carbocycles. The van der Waals surface area contributed by atoms with Crippen LogP contribution in [0.15, 0.2) is 30.6 Å². The van der Waals surface area contributed by atoms with Gasteiger partial charge in [0, 0.05) is 43.6 Å². The molecule has 0 spiro atoms. The molecular weight excluding hydrogens is 236 g/mol. The first kappa shape index (κ1) is 12.2. The van der Waals surface area contributed by atoms with Gasteiger partial charge < -0.3 is 5.73 Å². The molecule has 3 rings (SSSR count). The second kappa shape index (κ2) is 5.05. The highest BCUT2D eigenvalue weighted by Crippen LogP contribution is 2.25. The van der Waals surface area contributed by atoms with Crippen molar-refractivity contribution < 1.29 is 0 Å². The normalized spacial score (nSPS) is 15.4. The van der Waals surface area contributed by atoms with Gasteiger partial charge in [-0.1, -0.05) is 12.1 Å². The Kier molecular flexibility index (Phi) is 3.25. The van der Waals surface area contributed by atoms with E-state index in [1.807, 2.05) is 16.9 Å². The molecule has 4 heteroatoms. The standard InChI is InChI=1S/C15H20N4/c1-2-19-10-12(8-17-19)9-18-7-6-13-4-3-5-15(16)14(13)11-18/h3-5,8,10H,2,6-7,9,11,16H2,1H3. The fraction of sp³-hybridized carbons (Fsp3) is 0.400. The number of benzene rings is 1. The lowest BCUT2D eigenvalue weighted by Gasteiger charge is -2.29. The van der Waals surface area contributed by atoms with E-state index in [0.717, 1.165) is 38.3 Å². The fourth-order valence-corrected chi connectivity index (χ4v) is 2.72. The van der Waals surface area contributed by atoms with Gasteiger partial charge in [0.15, 0.2) is 0 Å². The van der Waals surface area contributed by atoms with Crippen LogP contribution >= 0.6 is 0 Å². The van der Waals surface area contributed by atoms with Gasteiger partial charge in [-0.3, -0.25) is 9.58 Å². The summed E-state index contributed by atoms with van der Waals surface area (Å²) in [7, 11) is 0. The van der Waals surface area contributed by atoms with E-state index >= 15 is 0 Å². The average molecular weight is 256 g/mol. The summed E-state index contributed by atoms with van der Waals surface area (Å²) in [4.78, 5) is 2.44. The van der Waals surface area contributed by atoms with Gasteiger partial charge in [-0.15, -0.1) is 0 Å². The third-order valence-corrected chi connectivity index (χ3v) is 3.81. The summed E-state index contributed by atoms with van der Waals surface area (Å²) in [5, 5.41) is 4.33. The molecule has 0 aliphatic carbocycles. The summed E-state index contributed by atoms with van der Waals surface area (Å²) in [6.45, 7) is 6.02. The molecule has 0 bridgehead atoms. The number of nitrogen functional groups attached to an aromatic ring is 1. The highest BCUT2D eigenvalue weighted by molar-refractivity contribution is 5.51. The predicted molar refractivity (Wildman–Crippen MR) is 76.6 cm³/mol. The molecule has 0 radical (unpaired) electrons. The van der Waals surface area contributed by atoms with Crippen molar-refractivity contribution in [3.63, 3.8) is 0 Å². The van der Waals surface area contributed by atoms with Gasteiger partial charge in [-0.25, -0.2) is 0 Å². The smallest absolute Gasteiger partial charge is 0.0534 e. The van der Waals surface area contributed by atoms with E-state index in [0.29, 0.717) is 0 Å². The minimum Gasteiger partial charge on any atom is -0.398 e. The Balaban J connectivity index is 1.73.